The quantitative estimate of drug-likeness (QED) is 0.817. The molecule has 0 radical (unpaired) electrons. The molecule has 100 valence electrons. The van der Waals surface area contributed by atoms with Crippen LogP contribution in [0.25, 0.3) is 0 Å². The summed E-state index contributed by atoms with van der Waals surface area (Å²) in [6.07, 6.45) is 0. The number of aryl methyl sites for hydroxylation is 1. The van der Waals surface area contributed by atoms with Crippen molar-refractivity contribution in [1.29, 1.82) is 0 Å². The SMILES string of the molecule is CCNC(c1cccc(Cl)c1)c1cc(C)cc(Br)c1. The van der Waals surface area contributed by atoms with E-state index in [9.17, 15) is 0 Å². The van der Waals surface area contributed by atoms with Crippen LogP contribution in [0, 0.1) is 6.92 Å². The van der Waals surface area contributed by atoms with Crippen LogP contribution in [0.5, 0.6) is 0 Å². The molecule has 0 spiro atoms. The van der Waals surface area contributed by atoms with Crippen LogP contribution in [0.2, 0.25) is 5.02 Å². The normalized spacial score (nSPS) is 12.4. The third kappa shape index (κ3) is 3.82. The first-order chi connectivity index (χ1) is 9.10. The Morgan fingerprint density at radius 3 is 2.58 bits per heavy atom. The van der Waals surface area contributed by atoms with Crippen LogP contribution in [0.15, 0.2) is 46.9 Å². The van der Waals surface area contributed by atoms with E-state index in [4.69, 9.17) is 11.6 Å². The molecule has 0 saturated carbocycles. The summed E-state index contributed by atoms with van der Waals surface area (Å²) < 4.78 is 1.10. The van der Waals surface area contributed by atoms with E-state index in [0.29, 0.717) is 0 Å². The van der Waals surface area contributed by atoms with Crippen LogP contribution in [0.4, 0.5) is 0 Å². The Morgan fingerprint density at radius 1 is 1.16 bits per heavy atom. The fourth-order valence-corrected chi connectivity index (χ4v) is 3.07. The van der Waals surface area contributed by atoms with E-state index in [-0.39, 0.29) is 6.04 Å². The maximum Gasteiger partial charge on any atom is 0.0577 e. The number of halogens is 2. The summed E-state index contributed by atoms with van der Waals surface area (Å²) in [5.74, 6) is 0. The minimum Gasteiger partial charge on any atom is -0.307 e. The summed E-state index contributed by atoms with van der Waals surface area (Å²) >= 11 is 9.67. The minimum absolute atomic E-state index is 0.167. The zero-order valence-corrected chi connectivity index (χ0v) is 13.4. The molecule has 0 heterocycles. The zero-order chi connectivity index (χ0) is 13.8. The second-order valence-corrected chi connectivity index (χ2v) is 5.96. The molecule has 1 unspecified atom stereocenters. The molecule has 1 N–H and O–H groups in total. The van der Waals surface area contributed by atoms with Crippen LogP contribution in [-0.2, 0) is 0 Å². The molecule has 0 aliphatic carbocycles. The summed E-state index contributed by atoms with van der Waals surface area (Å²) in [6.45, 7) is 5.13. The minimum atomic E-state index is 0.167. The molecular weight excluding hydrogens is 322 g/mol. The second kappa shape index (κ2) is 6.56. The molecule has 1 nitrogen and oxygen atoms in total. The van der Waals surface area contributed by atoms with Gasteiger partial charge in [-0.15, -0.1) is 0 Å². The summed E-state index contributed by atoms with van der Waals surface area (Å²) in [6, 6.07) is 14.7. The lowest BCUT2D eigenvalue weighted by Crippen LogP contribution is -2.22. The van der Waals surface area contributed by atoms with Gasteiger partial charge >= 0.3 is 0 Å². The van der Waals surface area contributed by atoms with Crippen molar-refractivity contribution in [1.82, 2.24) is 5.32 Å². The molecule has 0 aromatic heterocycles. The van der Waals surface area contributed by atoms with Gasteiger partial charge in [-0.25, -0.2) is 0 Å². The standard InChI is InChI=1S/C16H17BrClN/c1-3-19-16(12-5-4-6-15(18)10-12)13-7-11(2)8-14(17)9-13/h4-10,16,19H,3H2,1-2H3. The lowest BCUT2D eigenvalue weighted by molar-refractivity contribution is 0.630. The Labute approximate surface area is 128 Å². The smallest absolute Gasteiger partial charge is 0.0577 e. The third-order valence-electron chi connectivity index (χ3n) is 2.99. The van der Waals surface area contributed by atoms with Crippen molar-refractivity contribution in [2.45, 2.75) is 19.9 Å². The molecule has 2 rings (SSSR count). The van der Waals surface area contributed by atoms with Gasteiger partial charge in [0, 0.05) is 9.50 Å². The molecule has 2 aromatic carbocycles. The van der Waals surface area contributed by atoms with Crippen LogP contribution in [-0.4, -0.2) is 6.54 Å². The lowest BCUT2D eigenvalue weighted by atomic mass is 9.97. The van der Waals surface area contributed by atoms with Crippen LogP contribution in [0.3, 0.4) is 0 Å². The van der Waals surface area contributed by atoms with E-state index >= 15 is 0 Å². The molecule has 2 aromatic rings. The maximum atomic E-state index is 6.10. The fourth-order valence-electron chi connectivity index (χ4n) is 2.25. The molecule has 0 aliphatic rings. The molecule has 0 aliphatic heterocycles. The highest BCUT2D eigenvalue weighted by molar-refractivity contribution is 9.10. The number of hydrogen-bond acceptors (Lipinski definition) is 1. The average molecular weight is 339 g/mol. The fraction of sp³-hybridized carbons (Fsp3) is 0.250. The first-order valence-electron chi connectivity index (χ1n) is 6.36. The Kier molecular flexibility index (Phi) is 5.03. The van der Waals surface area contributed by atoms with Gasteiger partial charge < -0.3 is 5.32 Å². The van der Waals surface area contributed by atoms with Gasteiger partial charge in [0.15, 0.2) is 0 Å². The van der Waals surface area contributed by atoms with E-state index in [2.05, 4.69) is 59.4 Å². The monoisotopic (exact) mass is 337 g/mol. The van der Waals surface area contributed by atoms with Crippen LogP contribution < -0.4 is 5.32 Å². The van der Waals surface area contributed by atoms with E-state index < -0.39 is 0 Å². The number of benzene rings is 2. The van der Waals surface area contributed by atoms with Crippen molar-refractivity contribution in [2.24, 2.45) is 0 Å². The van der Waals surface area contributed by atoms with Crippen molar-refractivity contribution in [3.63, 3.8) is 0 Å². The first-order valence-corrected chi connectivity index (χ1v) is 7.53. The molecule has 0 amide bonds. The molecule has 1 atom stereocenters. The highest BCUT2D eigenvalue weighted by atomic mass is 79.9. The van der Waals surface area contributed by atoms with Gasteiger partial charge in [-0.3, -0.25) is 0 Å². The Morgan fingerprint density at radius 2 is 1.95 bits per heavy atom. The van der Waals surface area contributed by atoms with Crippen molar-refractivity contribution >= 4 is 27.5 Å². The van der Waals surface area contributed by atoms with Crippen LogP contribution in [0.1, 0.15) is 29.7 Å². The summed E-state index contributed by atoms with van der Waals surface area (Å²) in [7, 11) is 0. The molecule has 0 bridgehead atoms. The van der Waals surface area contributed by atoms with Gasteiger partial charge in [0.05, 0.1) is 6.04 Å². The first kappa shape index (κ1) is 14.6. The average Bonchev–Trinajstić information content (AvgIpc) is 2.34. The topological polar surface area (TPSA) is 12.0 Å². The highest BCUT2D eigenvalue weighted by Crippen LogP contribution is 2.27. The molecule has 19 heavy (non-hydrogen) atoms. The Balaban J connectivity index is 2.44. The number of rotatable bonds is 4. The van der Waals surface area contributed by atoms with Gasteiger partial charge in [0.2, 0.25) is 0 Å². The Hall–Kier alpha value is -0.830. The van der Waals surface area contributed by atoms with Gasteiger partial charge in [-0.05, 0) is 54.4 Å². The van der Waals surface area contributed by atoms with Crippen molar-refractivity contribution in [2.75, 3.05) is 6.54 Å². The predicted octanol–water partition coefficient (Wildman–Crippen LogP) is 5.11. The van der Waals surface area contributed by atoms with Gasteiger partial charge in [0.25, 0.3) is 0 Å². The highest BCUT2D eigenvalue weighted by Gasteiger charge is 2.14. The number of hydrogen-bond donors (Lipinski definition) is 1. The van der Waals surface area contributed by atoms with Gasteiger partial charge in [0.1, 0.15) is 0 Å². The van der Waals surface area contributed by atoms with Crippen molar-refractivity contribution in [3.05, 3.63) is 68.7 Å². The second-order valence-electron chi connectivity index (χ2n) is 4.61. The van der Waals surface area contributed by atoms with E-state index in [1.807, 2.05) is 18.2 Å². The Bertz CT molecular complexity index is 548. The summed E-state index contributed by atoms with van der Waals surface area (Å²) in [5, 5.41) is 4.29. The van der Waals surface area contributed by atoms with E-state index in [1.54, 1.807) is 0 Å². The molecular formula is C16H17BrClN. The largest absolute Gasteiger partial charge is 0.307 e. The molecule has 0 fully saturated rings. The molecule has 0 saturated heterocycles. The van der Waals surface area contributed by atoms with E-state index in [0.717, 1.165) is 16.0 Å². The summed E-state index contributed by atoms with van der Waals surface area (Å²) in [4.78, 5) is 0. The van der Waals surface area contributed by atoms with Crippen molar-refractivity contribution < 1.29 is 0 Å². The van der Waals surface area contributed by atoms with E-state index in [1.165, 1.54) is 16.7 Å². The summed E-state index contributed by atoms with van der Waals surface area (Å²) in [5.41, 5.74) is 3.68. The van der Waals surface area contributed by atoms with Gasteiger partial charge in [-0.1, -0.05) is 52.7 Å². The van der Waals surface area contributed by atoms with Gasteiger partial charge in [-0.2, -0.15) is 0 Å². The van der Waals surface area contributed by atoms with Crippen molar-refractivity contribution in [3.8, 4) is 0 Å². The zero-order valence-electron chi connectivity index (χ0n) is 11.1. The predicted molar refractivity (Wildman–Crippen MR) is 85.9 cm³/mol. The maximum absolute atomic E-state index is 6.10. The van der Waals surface area contributed by atoms with Crippen LogP contribution >= 0.6 is 27.5 Å². The molecule has 3 heteroatoms. The number of nitrogens with one attached hydrogen (secondary N) is 1. The third-order valence-corrected chi connectivity index (χ3v) is 3.68. The lowest BCUT2D eigenvalue weighted by Gasteiger charge is -2.20.